The second-order valence-corrected chi connectivity index (χ2v) is 5.86. The average molecular weight is 366 g/mol. The van der Waals surface area contributed by atoms with Crippen molar-refractivity contribution in [2.45, 2.75) is 32.0 Å². The largest absolute Gasteiger partial charge is 0.488 e. The van der Waals surface area contributed by atoms with E-state index >= 15 is 0 Å². The van der Waals surface area contributed by atoms with Gasteiger partial charge in [0.15, 0.2) is 0 Å². The summed E-state index contributed by atoms with van der Waals surface area (Å²) in [5, 5.41) is 2.70. The first-order chi connectivity index (χ1) is 12.3. The van der Waals surface area contributed by atoms with Gasteiger partial charge in [-0.2, -0.15) is 13.2 Å². The van der Waals surface area contributed by atoms with Crippen LogP contribution in [0.3, 0.4) is 0 Å². The van der Waals surface area contributed by atoms with Gasteiger partial charge in [-0.3, -0.25) is 4.79 Å². The van der Waals surface area contributed by atoms with Crippen molar-refractivity contribution in [1.82, 2.24) is 5.32 Å². The number of ether oxygens (including phenoxy) is 1. The zero-order chi connectivity index (χ0) is 19.2. The van der Waals surface area contributed by atoms with Gasteiger partial charge < -0.3 is 15.8 Å². The SMILES string of the molecule is CCC(CNC(=O)Cc1ccc(N)cc1)Oc1ccccc1C(F)(F)F. The molecule has 4 nitrogen and oxygen atoms in total. The lowest BCUT2D eigenvalue weighted by Gasteiger charge is -2.21. The van der Waals surface area contributed by atoms with Gasteiger partial charge in [0.25, 0.3) is 0 Å². The molecular weight excluding hydrogens is 345 g/mol. The fourth-order valence-electron chi connectivity index (χ4n) is 2.36. The van der Waals surface area contributed by atoms with Crippen LogP contribution in [0.4, 0.5) is 18.9 Å². The number of hydrogen-bond acceptors (Lipinski definition) is 3. The summed E-state index contributed by atoms with van der Waals surface area (Å²) in [7, 11) is 0. The Morgan fingerprint density at radius 3 is 2.42 bits per heavy atom. The molecule has 7 heteroatoms. The molecule has 1 amide bonds. The van der Waals surface area contributed by atoms with Gasteiger partial charge in [0, 0.05) is 5.69 Å². The minimum Gasteiger partial charge on any atom is -0.488 e. The average Bonchev–Trinajstić information content (AvgIpc) is 2.60. The summed E-state index contributed by atoms with van der Waals surface area (Å²) in [6, 6.07) is 12.0. The maximum Gasteiger partial charge on any atom is 0.419 e. The summed E-state index contributed by atoms with van der Waals surface area (Å²) in [5.74, 6) is -0.472. The standard InChI is InChI=1S/C19H21F3N2O2/c1-2-15(26-17-6-4-3-5-16(17)19(20,21)22)12-24-18(25)11-13-7-9-14(23)10-8-13/h3-10,15H,2,11-12,23H2,1H3,(H,24,25). The Hall–Kier alpha value is -2.70. The van der Waals surface area contributed by atoms with Crippen LogP contribution in [0.2, 0.25) is 0 Å². The van der Waals surface area contributed by atoms with Crippen LogP contribution in [-0.2, 0) is 17.4 Å². The number of nitrogens with one attached hydrogen (secondary N) is 1. The van der Waals surface area contributed by atoms with Gasteiger partial charge in [-0.05, 0) is 36.2 Å². The number of nitrogens with two attached hydrogens (primary N) is 1. The van der Waals surface area contributed by atoms with E-state index in [1.54, 1.807) is 31.2 Å². The topological polar surface area (TPSA) is 64.4 Å². The molecule has 0 aliphatic heterocycles. The molecule has 0 heterocycles. The van der Waals surface area contributed by atoms with E-state index in [9.17, 15) is 18.0 Å². The smallest absolute Gasteiger partial charge is 0.419 e. The van der Waals surface area contributed by atoms with Crippen molar-refractivity contribution in [1.29, 1.82) is 0 Å². The summed E-state index contributed by atoms with van der Waals surface area (Å²) in [4.78, 5) is 12.0. The Bertz CT molecular complexity index is 730. The number of hydrogen-bond donors (Lipinski definition) is 2. The molecule has 0 aromatic heterocycles. The van der Waals surface area contributed by atoms with Gasteiger partial charge in [0.2, 0.25) is 5.91 Å². The number of para-hydroxylation sites is 1. The molecule has 0 aliphatic rings. The summed E-state index contributed by atoms with van der Waals surface area (Å²) < 4.78 is 44.6. The number of anilines is 1. The molecule has 0 spiro atoms. The molecule has 2 rings (SSSR count). The van der Waals surface area contributed by atoms with Crippen molar-refractivity contribution in [2.75, 3.05) is 12.3 Å². The monoisotopic (exact) mass is 366 g/mol. The van der Waals surface area contributed by atoms with Crippen LogP contribution in [0.15, 0.2) is 48.5 Å². The number of nitrogen functional groups attached to an aromatic ring is 1. The zero-order valence-corrected chi connectivity index (χ0v) is 14.3. The highest BCUT2D eigenvalue weighted by Gasteiger charge is 2.34. The third-order valence-corrected chi connectivity index (χ3v) is 3.81. The van der Waals surface area contributed by atoms with Crippen LogP contribution >= 0.6 is 0 Å². The molecule has 0 radical (unpaired) electrons. The summed E-state index contributed by atoms with van der Waals surface area (Å²) in [6.45, 7) is 1.91. The molecule has 140 valence electrons. The molecule has 1 unspecified atom stereocenters. The van der Waals surface area contributed by atoms with Crippen LogP contribution < -0.4 is 15.8 Å². The van der Waals surface area contributed by atoms with Crippen LogP contribution in [0.25, 0.3) is 0 Å². The highest BCUT2D eigenvalue weighted by atomic mass is 19.4. The van der Waals surface area contributed by atoms with Gasteiger partial charge in [-0.1, -0.05) is 31.2 Å². The molecule has 26 heavy (non-hydrogen) atoms. The van der Waals surface area contributed by atoms with Crippen molar-refractivity contribution in [3.05, 3.63) is 59.7 Å². The second-order valence-electron chi connectivity index (χ2n) is 5.86. The molecule has 0 saturated carbocycles. The number of alkyl halides is 3. The molecule has 2 aromatic rings. The first-order valence-corrected chi connectivity index (χ1v) is 8.23. The van der Waals surface area contributed by atoms with Gasteiger partial charge >= 0.3 is 6.18 Å². The lowest BCUT2D eigenvalue weighted by atomic mass is 10.1. The van der Waals surface area contributed by atoms with Gasteiger partial charge in [0.1, 0.15) is 11.9 Å². The second kappa shape index (κ2) is 8.60. The van der Waals surface area contributed by atoms with Crippen LogP contribution in [-0.4, -0.2) is 18.6 Å². The number of carbonyl (C=O) groups is 1. The molecule has 3 N–H and O–H groups in total. The maximum atomic E-state index is 13.0. The lowest BCUT2D eigenvalue weighted by Crippen LogP contribution is -2.36. The van der Waals surface area contributed by atoms with E-state index in [0.29, 0.717) is 12.1 Å². The molecule has 1 atom stereocenters. The highest BCUT2D eigenvalue weighted by molar-refractivity contribution is 5.78. The summed E-state index contributed by atoms with van der Waals surface area (Å²) >= 11 is 0. The van der Waals surface area contributed by atoms with Crippen LogP contribution in [0.5, 0.6) is 5.75 Å². The summed E-state index contributed by atoms with van der Waals surface area (Å²) in [5.41, 5.74) is 6.17. The fourth-order valence-corrected chi connectivity index (χ4v) is 2.36. The maximum absolute atomic E-state index is 13.0. The lowest BCUT2D eigenvalue weighted by molar-refractivity contribution is -0.139. The number of halogens is 3. The Labute approximate surface area is 150 Å². The first kappa shape index (κ1) is 19.6. The minimum absolute atomic E-state index is 0.122. The molecule has 0 aliphatic carbocycles. The van der Waals surface area contributed by atoms with E-state index in [-0.39, 0.29) is 24.6 Å². The van der Waals surface area contributed by atoms with Crippen molar-refractivity contribution in [3.8, 4) is 5.75 Å². The molecule has 2 aromatic carbocycles. The van der Waals surface area contributed by atoms with Gasteiger partial charge in [-0.25, -0.2) is 0 Å². The quantitative estimate of drug-likeness (QED) is 0.733. The number of benzene rings is 2. The van der Waals surface area contributed by atoms with Gasteiger partial charge in [0.05, 0.1) is 18.5 Å². The van der Waals surface area contributed by atoms with Crippen LogP contribution in [0, 0.1) is 0 Å². The normalized spacial score (nSPS) is 12.5. The third-order valence-electron chi connectivity index (χ3n) is 3.81. The fraction of sp³-hybridized carbons (Fsp3) is 0.316. The van der Waals surface area contributed by atoms with E-state index in [1.807, 2.05) is 0 Å². The van der Waals surface area contributed by atoms with E-state index < -0.39 is 17.8 Å². The van der Waals surface area contributed by atoms with E-state index in [0.717, 1.165) is 11.6 Å². The molecular formula is C19H21F3N2O2. The number of carbonyl (C=O) groups excluding carboxylic acids is 1. The Morgan fingerprint density at radius 1 is 1.15 bits per heavy atom. The minimum atomic E-state index is -4.49. The number of rotatable bonds is 7. The van der Waals surface area contributed by atoms with Crippen molar-refractivity contribution < 1.29 is 22.7 Å². The highest BCUT2D eigenvalue weighted by Crippen LogP contribution is 2.36. The Morgan fingerprint density at radius 2 is 1.81 bits per heavy atom. The van der Waals surface area contributed by atoms with E-state index in [1.165, 1.54) is 18.2 Å². The molecule has 0 fully saturated rings. The predicted molar refractivity (Wildman–Crippen MR) is 93.7 cm³/mol. The van der Waals surface area contributed by atoms with Crippen LogP contribution in [0.1, 0.15) is 24.5 Å². The van der Waals surface area contributed by atoms with E-state index in [4.69, 9.17) is 10.5 Å². The Kier molecular flexibility index (Phi) is 6.49. The van der Waals surface area contributed by atoms with Crippen molar-refractivity contribution >= 4 is 11.6 Å². The number of amides is 1. The first-order valence-electron chi connectivity index (χ1n) is 8.23. The molecule has 0 saturated heterocycles. The van der Waals surface area contributed by atoms with E-state index in [2.05, 4.69) is 5.32 Å². The molecule has 0 bridgehead atoms. The van der Waals surface area contributed by atoms with Crippen molar-refractivity contribution in [2.24, 2.45) is 0 Å². The predicted octanol–water partition coefficient (Wildman–Crippen LogP) is 3.80. The third kappa shape index (κ3) is 5.68. The Balaban J connectivity index is 1.93. The van der Waals surface area contributed by atoms with Crippen molar-refractivity contribution in [3.63, 3.8) is 0 Å². The summed E-state index contributed by atoms with van der Waals surface area (Å²) in [6.07, 6.45) is -4.44. The zero-order valence-electron chi connectivity index (χ0n) is 14.3. The van der Waals surface area contributed by atoms with Gasteiger partial charge in [-0.15, -0.1) is 0 Å².